The smallest absolute Gasteiger partial charge is 0.136 e. The molecule has 0 aliphatic heterocycles. The van der Waals surface area contributed by atoms with Gasteiger partial charge in [-0.2, -0.15) is 0 Å². The van der Waals surface area contributed by atoms with E-state index in [1.54, 1.807) is 0 Å². The fourth-order valence-corrected chi connectivity index (χ4v) is 6.63. The molecule has 0 bridgehead atoms. The summed E-state index contributed by atoms with van der Waals surface area (Å²) in [5, 5.41) is 7.00. The third kappa shape index (κ3) is 2.34. The highest BCUT2D eigenvalue weighted by Gasteiger charge is 2.61. The van der Waals surface area contributed by atoms with Crippen LogP contribution in [0.1, 0.15) is 65.2 Å². The van der Waals surface area contributed by atoms with Crippen molar-refractivity contribution in [2.45, 2.75) is 65.2 Å². The van der Waals surface area contributed by atoms with Crippen LogP contribution >= 0.6 is 0 Å². The molecule has 0 heterocycles. The molecule has 0 aromatic carbocycles. The zero-order chi connectivity index (χ0) is 17.7. The minimum atomic E-state index is 0.199. The summed E-state index contributed by atoms with van der Waals surface area (Å²) in [7, 11) is 1.00. The second kappa shape index (κ2) is 6.09. The molecule has 0 saturated heterocycles. The van der Waals surface area contributed by atoms with Gasteiger partial charge in [-0.05, 0) is 60.7 Å². The van der Waals surface area contributed by atoms with E-state index in [2.05, 4.69) is 20.4 Å². The summed E-state index contributed by atoms with van der Waals surface area (Å²) in [6, 6.07) is 0. The molecule has 3 nitrogen and oxygen atoms in total. The van der Waals surface area contributed by atoms with Crippen LogP contribution in [0, 0.1) is 34.5 Å². The van der Waals surface area contributed by atoms with Gasteiger partial charge >= 0.3 is 0 Å². The monoisotopic (exact) mass is 332 g/mol. The van der Waals surface area contributed by atoms with Gasteiger partial charge in [0.1, 0.15) is 11.6 Å². The average molecular weight is 332 g/mol. The first-order valence-electron chi connectivity index (χ1n) is 9.53. The number of aliphatic hydroxyl groups is 1. The number of fused-ring (bicyclic) bond motifs is 5. The van der Waals surface area contributed by atoms with E-state index in [0.29, 0.717) is 42.2 Å². The van der Waals surface area contributed by atoms with Crippen molar-refractivity contribution in [3.05, 3.63) is 12.2 Å². The Kier molecular flexibility index (Phi) is 4.53. The van der Waals surface area contributed by atoms with Crippen LogP contribution in [0.2, 0.25) is 0 Å². The van der Waals surface area contributed by atoms with Gasteiger partial charge in [-0.25, -0.2) is 0 Å². The number of ketones is 2. The van der Waals surface area contributed by atoms with Crippen molar-refractivity contribution in [1.82, 2.24) is 0 Å². The summed E-state index contributed by atoms with van der Waals surface area (Å²) < 4.78 is 0. The van der Waals surface area contributed by atoms with Crippen LogP contribution in [0.15, 0.2) is 12.2 Å². The molecule has 3 heteroatoms. The van der Waals surface area contributed by atoms with Crippen molar-refractivity contribution in [3.63, 3.8) is 0 Å². The summed E-state index contributed by atoms with van der Waals surface area (Å²) in [6.45, 7) is 9.07. The predicted molar refractivity (Wildman–Crippen MR) is 94.4 cm³/mol. The Bertz CT molecular complexity index is 565. The molecule has 4 unspecified atom stereocenters. The van der Waals surface area contributed by atoms with Crippen LogP contribution in [0.5, 0.6) is 0 Å². The van der Waals surface area contributed by atoms with Gasteiger partial charge in [-0.1, -0.05) is 26.0 Å². The molecule has 0 spiro atoms. The summed E-state index contributed by atoms with van der Waals surface area (Å²) in [4.78, 5) is 24.9. The Morgan fingerprint density at radius 3 is 2.42 bits per heavy atom. The number of hydrogen-bond donors (Lipinski definition) is 1. The number of Topliss-reactive ketones (excluding diaryl/α,β-unsaturated/α-hetero) is 2. The molecule has 4 aliphatic carbocycles. The Hall–Kier alpha value is -0.960. The largest absolute Gasteiger partial charge is 0.400 e. The zero-order valence-corrected chi connectivity index (χ0v) is 15.4. The minimum Gasteiger partial charge on any atom is -0.400 e. The highest BCUT2D eigenvalue weighted by Crippen LogP contribution is 2.65. The molecule has 0 radical (unpaired) electrons. The maximum absolute atomic E-state index is 13.0. The second-order valence-electron chi connectivity index (χ2n) is 8.95. The first-order valence-corrected chi connectivity index (χ1v) is 9.53. The molecule has 0 aromatic heterocycles. The Labute approximate surface area is 145 Å². The van der Waals surface area contributed by atoms with E-state index in [1.165, 1.54) is 12.0 Å². The van der Waals surface area contributed by atoms with Gasteiger partial charge in [0.25, 0.3) is 0 Å². The van der Waals surface area contributed by atoms with Crippen LogP contribution in [0.3, 0.4) is 0 Å². The van der Waals surface area contributed by atoms with Crippen molar-refractivity contribution in [2.24, 2.45) is 34.5 Å². The van der Waals surface area contributed by atoms with E-state index in [-0.39, 0.29) is 16.7 Å². The Morgan fingerprint density at radius 2 is 1.71 bits per heavy atom. The van der Waals surface area contributed by atoms with E-state index in [9.17, 15) is 9.59 Å². The first-order chi connectivity index (χ1) is 11.4. The van der Waals surface area contributed by atoms with Gasteiger partial charge in [0, 0.05) is 32.3 Å². The van der Waals surface area contributed by atoms with Crippen LogP contribution in [0.4, 0.5) is 0 Å². The number of rotatable bonds is 0. The standard InChI is InChI=1S/C20H28O2.CH4O/c1-12-4-5-15-18-16(7-9-19(12,15)2)20(3)8-6-14(21)10-13(20)11-17(18)22;1-2/h13,15-16,18H,1,4-11H2,2-3H3;2H,1H3/t13?,15?,16?,18?,19-,20+;/m1./s1. The van der Waals surface area contributed by atoms with Crippen LogP contribution in [0.25, 0.3) is 0 Å². The van der Waals surface area contributed by atoms with Gasteiger partial charge in [0.05, 0.1) is 0 Å². The van der Waals surface area contributed by atoms with Crippen molar-refractivity contribution < 1.29 is 14.7 Å². The number of aliphatic hydroxyl groups excluding tert-OH is 1. The fourth-order valence-electron chi connectivity index (χ4n) is 6.63. The topological polar surface area (TPSA) is 54.4 Å². The van der Waals surface area contributed by atoms with Crippen LogP contribution < -0.4 is 0 Å². The lowest BCUT2D eigenvalue weighted by molar-refractivity contribution is -0.155. The second-order valence-corrected chi connectivity index (χ2v) is 8.95. The number of carbonyl (C=O) groups excluding carboxylic acids is 2. The Morgan fingerprint density at radius 1 is 1.00 bits per heavy atom. The van der Waals surface area contributed by atoms with E-state index < -0.39 is 0 Å². The molecule has 6 atom stereocenters. The van der Waals surface area contributed by atoms with Crippen LogP contribution in [-0.2, 0) is 9.59 Å². The van der Waals surface area contributed by atoms with Crippen LogP contribution in [-0.4, -0.2) is 23.8 Å². The van der Waals surface area contributed by atoms with Gasteiger partial charge in [0.15, 0.2) is 0 Å². The number of allylic oxidation sites excluding steroid dienone is 1. The lowest BCUT2D eigenvalue weighted by atomic mass is 9.45. The van der Waals surface area contributed by atoms with E-state index in [4.69, 9.17) is 5.11 Å². The molecule has 4 fully saturated rings. The molecule has 4 rings (SSSR count). The summed E-state index contributed by atoms with van der Waals surface area (Å²) >= 11 is 0. The normalized spacial score (nSPS) is 47.2. The maximum atomic E-state index is 13.0. The van der Waals surface area contributed by atoms with Crippen molar-refractivity contribution >= 4 is 11.6 Å². The molecule has 0 amide bonds. The summed E-state index contributed by atoms with van der Waals surface area (Å²) in [6.07, 6.45) is 7.67. The van der Waals surface area contributed by atoms with Crippen molar-refractivity contribution in [3.8, 4) is 0 Å². The third-order valence-electron chi connectivity index (χ3n) is 8.24. The van der Waals surface area contributed by atoms with Gasteiger partial charge in [-0.3, -0.25) is 9.59 Å². The van der Waals surface area contributed by atoms with E-state index in [1.807, 2.05) is 0 Å². The fraction of sp³-hybridized carbons (Fsp3) is 0.810. The van der Waals surface area contributed by atoms with Gasteiger partial charge in [-0.15, -0.1) is 0 Å². The zero-order valence-electron chi connectivity index (χ0n) is 15.4. The van der Waals surface area contributed by atoms with Gasteiger partial charge in [0.2, 0.25) is 0 Å². The Balaban J connectivity index is 0.000000815. The molecule has 134 valence electrons. The maximum Gasteiger partial charge on any atom is 0.136 e. The summed E-state index contributed by atoms with van der Waals surface area (Å²) in [5.74, 6) is 2.43. The first kappa shape index (κ1) is 17.8. The molecule has 4 aliphatic rings. The molecular weight excluding hydrogens is 300 g/mol. The molecule has 0 aromatic rings. The molecule has 4 saturated carbocycles. The van der Waals surface area contributed by atoms with E-state index >= 15 is 0 Å². The minimum absolute atomic E-state index is 0.199. The highest BCUT2D eigenvalue weighted by atomic mass is 16.2. The predicted octanol–water partition coefficient (Wildman–Crippen LogP) is 3.94. The van der Waals surface area contributed by atoms with Crippen molar-refractivity contribution in [2.75, 3.05) is 7.11 Å². The van der Waals surface area contributed by atoms with E-state index in [0.717, 1.165) is 39.2 Å². The number of hydrogen-bond acceptors (Lipinski definition) is 3. The van der Waals surface area contributed by atoms with Gasteiger partial charge < -0.3 is 5.11 Å². The highest BCUT2D eigenvalue weighted by molar-refractivity contribution is 5.86. The molecule has 24 heavy (non-hydrogen) atoms. The molecular formula is C21H32O3. The number of carbonyl (C=O) groups is 2. The third-order valence-corrected chi connectivity index (χ3v) is 8.24. The average Bonchev–Trinajstić information content (AvgIpc) is 2.87. The summed E-state index contributed by atoms with van der Waals surface area (Å²) in [5.41, 5.74) is 1.80. The van der Waals surface area contributed by atoms with Crippen molar-refractivity contribution in [1.29, 1.82) is 0 Å². The lowest BCUT2D eigenvalue weighted by Crippen LogP contribution is -2.56. The quantitative estimate of drug-likeness (QED) is 0.684. The molecule has 1 N–H and O–H groups in total. The SMILES string of the molecule is C=C1CCC2C3C(=O)CC4CC(=O)CC[C@]4(C)C3CC[C@]12C.CO. The lowest BCUT2D eigenvalue weighted by Gasteiger charge is -2.58.